The highest BCUT2D eigenvalue weighted by Crippen LogP contribution is 2.19. The van der Waals surface area contributed by atoms with E-state index in [1.54, 1.807) is 18.2 Å². The molecule has 0 aliphatic carbocycles. The quantitative estimate of drug-likeness (QED) is 0.495. The van der Waals surface area contributed by atoms with Crippen LogP contribution in [0.5, 0.6) is 0 Å². The highest BCUT2D eigenvalue weighted by Gasteiger charge is 2.15. The molecule has 0 saturated heterocycles. The summed E-state index contributed by atoms with van der Waals surface area (Å²) in [6.07, 6.45) is 1.05. The van der Waals surface area contributed by atoms with E-state index in [1.807, 2.05) is 0 Å². The highest BCUT2D eigenvalue weighted by molar-refractivity contribution is 6.04. The number of fused-ring (bicyclic) bond motifs is 1. The summed E-state index contributed by atoms with van der Waals surface area (Å²) in [6.45, 7) is 1.20. The Balaban J connectivity index is 0.000000511. The van der Waals surface area contributed by atoms with Crippen LogP contribution in [0.2, 0.25) is 0 Å². The number of rotatable bonds is 3. The lowest BCUT2D eigenvalue weighted by Gasteiger charge is -2.04. The summed E-state index contributed by atoms with van der Waals surface area (Å²) in [5.41, 5.74) is 6.35. The maximum Gasteiger partial charge on any atom is 0.300 e. The Kier molecular flexibility index (Phi) is 5.38. The third-order valence-electron chi connectivity index (χ3n) is 3.09. The number of halogens is 2. The molecule has 1 aromatic carbocycles. The van der Waals surface area contributed by atoms with E-state index in [0.717, 1.165) is 13.1 Å². The SMILES string of the molecule is CC(=O)O.N=C(N)c1nn(Cc2ccccc2F)c2ncc(F)cc12. The number of hydrogen-bond donors (Lipinski definition) is 3. The first-order valence-corrected chi connectivity index (χ1v) is 7.09. The molecule has 2 aromatic heterocycles. The molecule has 0 aliphatic heterocycles. The highest BCUT2D eigenvalue weighted by atomic mass is 19.1. The number of nitrogen functional groups attached to an aromatic ring is 1. The van der Waals surface area contributed by atoms with Gasteiger partial charge in [0.15, 0.2) is 5.65 Å². The van der Waals surface area contributed by atoms with E-state index in [9.17, 15) is 8.78 Å². The summed E-state index contributed by atoms with van der Waals surface area (Å²) in [5, 5.41) is 19.4. The number of pyridine rings is 1. The third-order valence-corrected chi connectivity index (χ3v) is 3.09. The third kappa shape index (κ3) is 4.34. The lowest BCUT2D eigenvalue weighted by Crippen LogP contribution is -2.13. The molecule has 3 rings (SSSR count). The first-order valence-electron chi connectivity index (χ1n) is 7.09. The number of carbonyl (C=O) groups is 1. The largest absolute Gasteiger partial charge is 0.481 e. The molecule has 0 bridgehead atoms. The molecule has 2 heterocycles. The van der Waals surface area contributed by atoms with Crippen LogP contribution in [0.3, 0.4) is 0 Å². The molecular weight excluding hydrogens is 332 g/mol. The van der Waals surface area contributed by atoms with Crippen molar-refractivity contribution in [3.63, 3.8) is 0 Å². The summed E-state index contributed by atoms with van der Waals surface area (Å²) >= 11 is 0. The molecule has 25 heavy (non-hydrogen) atoms. The number of amidine groups is 1. The first kappa shape index (κ1) is 18.0. The van der Waals surface area contributed by atoms with Crippen LogP contribution >= 0.6 is 0 Å². The lowest BCUT2D eigenvalue weighted by atomic mass is 10.2. The molecule has 4 N–H and O–H groups in total. The Morgan fingerprint density at radius 1 is 1.36 bits per heavy atom. The minimum absolute atomic E-state index is 0.120. The Bertz CT molecular complexity index is 935. The zero-order chi connectivity index (χ0) is 18.6. The number of carboxylic acids is 1. The van der Waals surface area contributed by atoms with Crippen LogP contribution in [0.15, 0.2) is 36.5 Å². The van der Waals surface area contributed by atoms with Crippen LogP contribution in [0.4, 0.5) is 8.78 Å². The Morgan fingerprint density at radius 2 is 2.00 bits per heavy atom. The monoisotopic (exact) mass is 347 g/mol. The average Bonchev–Trinajstić information content (AvgIpc) is 2.87. The van der Waals surface area contributed by atoms with E-state index < -0.39 is 11.8 Å². The fraction of sp³-hybridized carbons (Fsp3) is 0.125. The van der Waals surface area contributed by atoms with Crippen molar-refractivity contribution in [3.8, 4) is 0 Å². The van der Waals surface area contributed by atoms with Gasteiger partial charge in [0.1, 0.15) is 23.2 Å². The topological polar surface area (TPSA) is 118 Å². The Labute approximate surface area is 141 Å². The van der Waals surface area contributed by atoms with Gasteiger partial charge in [-0.2, -0.15) is 5.10 Å². The number of hydrogen-bond acceptors (Lipinski definition) is 4. The molecule has 0 fully saturated rings. The number of benzene rings is 1. The fourth-order valence-corrected chi connectivity index (χ4v) is 2.13. The van der Waals surface area contributed by atoms with Gasteiger partial charge in [-0.05, 0) is 12.1 Å². The van der Waals surface area contributed by atoms with Crippen LogP contribution in [-0.2, 0) is 11.3 Å². The van der Waals surface area contributed by atoms with Gasteiger partial charge in [-0.3, -0.25) is 10.2 Å². The van der Waals surface area contributed by atoms with E-state index in [-0.39, 0.29) is 23.9 Å². The van der Waals surface area contributed by atoms with Gasteiger partial charge in [0.2, 0.25) is 0 Å². The van der Waals surface area contributed by atoms with Gasteiger partial charge < -0.3 is 10.8 Å². The minimum Gasteiger partial charge on any atom is -0.481 e. The minimum atomic E-state index is -0.833. The second kappa shape index (κ2) is 7.47. The zero-order valence-corrected chi connectivity index (χ0v) is 13.2. The number of nitrogens with two attached hydrogens (primary N) is 1. The summed E-state index contributed by atoms with van der Waals surface area (Å²) in [4.78, 5) is 13.0. The summed E-state index contributed by atoms with van der Waals surface area (Å²) < 4.78 is 28.4. The van der Waals surface area contributed by atoms with Crippen molar-refractivity contribution < 1.29 is 18.7 Å². The molecule has 7 nitrogen and oxygen atoms in total. The zero-order valence-electron chi connectivity index (χ0n) is 13.2. The summed E-state index contributed by atoms with van der Waals surface area (Å²) in [5.74, 6) is -2.04. The van der Waals surface area contributed by atoms with Gasteiger partial charge in [0.25, 0.3) is 5.97 Å². The molecule has 3 aromatic rings. The molecule has 130 valence electrons. The lowest BCUT2D eigenvalue weighted by molar-refractivity contribution is -0.134. The normalized spacial score (nSPS) is 10.2. The van der Waals surface area contributed by atoms with Crippen molar-refractivity contribution in [3.05, 3.63) is 59.4 Å². The predicted molar refractivity (Wildman–Crippen MR) is 87.3 cm³/mol. The summed E-state index contributed by atoms with van der Waals surface area (Å²) in [7, 11) is 0. The van der Waals surface area contributed by atoms with Crippen LogP contribution in [0.25, 0.3) is 11.0 Å². The molecule has 0 saturated carbocycles. The maximum atomic E-state index is 13.7. The van der Waals surface area contributed by atoms with Crippen molar-refractivity contribution in [2.75, 3.05) is 0 Å². The first-order chi connectivity index (χ1) is 11.8. The van der Waals surface area contributed by atoms with Crippen LogP contribution in [0, 0.1) is 17.0 Å². The molecule has 0 radical (unpaired) electrons. The number of nitrogens with zero attached hydrogens (tertiary/aromatic N) is 3. The number of nitrogens with one attached hydrogen (secondary N) is 1. The van der Waals surface area contributed by atoms with Crippen molar-refractivity contribution in [2.24, 2.45) is 5.73 Å². The van der Waals surface area contributed by atoms with Crippen LogP contribution in [0.1, 0.15) is 18.2 Å². The van der Waals surface area contributed by atoms with Crippen molar-refractivity contribution in [1.82, 2.24) is 14.8 Å². The standard InChI is InChI=1S/C14H11F2N5.C2H4O2/c15-9-5-10-12(13(17)18)20-21(14(10)19-6-9)7-8-3-1-2-4-11(8)16;1-2(3)4/h1-6H,7H2,(H3,17,18);1H3,(H,3,4). The van der Waals surface area contributed by atoms with Gasteiger partial charge in [-0.1, -0.05) is 18.2 Å². The van der Waals surface area contributed by atoms with Crippen molar-refractivity contribution in [2.45, 2.75) is 13.5 Å². The summed E-state index contributed by atoms with van der Waals surface area (Å²) in [6, 6.07) is 7.49. The smallest absolute Gasteiger partial charge is 0.300 e. The van der Waals surface area contributed by atoms with Gasteiger partial charge in [0.05, 0.1) is 18.1 Å². The molecule has 0 spiro atoms. The van der Waals surface area contributed by atoms with E-state index in [2.05, 4.69) is 10.1 Å². The van der Waals surface area contributed by atoms with Gasteiger partial charge in [-0.25, -0.2) is 18.4 Å². The molecule has 0 amide bonds. The van der Waals surface area contributed by atoms with E-state index in [1.165, 1.54) is 16.8 Å². The van der Waals surface area contributed by atoms with Gasteiger partial charge in [-0.15, -0.1) is 0 Å². The Morgan fingerprint density at radius 3 is 2.60 bits per heavy atom. The van der Waals surface area contributed by atoms with Gasteiger partial charge in [0, 0.05) is 12.5 Å². The van der Waals surface area contributed by atoms with E-state index in [0.29, 0.717) is 16.6 Å². The van der Waals surface area contributed by atoms with E-state index in [4.69, 9.17) is 21.0 Å². The molecule has 0 aliphatic rings. The second-order valence-corrected chi connectivity index (χ2v) is 5.06. The Hall–Kier alpha value is -3.36. The average molecular weight is 347 g/mol. The fourth-order valence-electron chi connectivity index (χ4n) is 2.13. The second-order valence-electron chi connectivity index (χ2n) is 5.06. The molecule has 0 atom stereocenters. The van der Waals surface area contributed by atoms with Crippen LogP contribution < -0.4 is 5.73 Å². The molecule has 9 heteroatoms. The van der Waals surface area contributed by atoms with Crippen molar-refractivity contribution >= 4 is 22.8 Å². The van der Waals surface area contributed by atoms with Gasteiger partial charge >= 0.3 is 0 Å². The number of aromatic nitrogens is 3. The maximum absolute atomic E-state index is 13.7. The number of aliphatic carboxylic acids is 1. The van der Waals surface area contributed by atoms with E-state index >= 15 is 0 Å². The van der Waals surface area contributed by atoms with Crippen molar-refractivity contribution in [1.29, 1.82) is 5.41 Å². The molecular formula is C16H15F2N5O2. The predicted octanol–water partition coefficient (Wildman–Crippen LogP) is 2.13. The number of carboxylic acid groups (broad SMARTS) is 1. The molecule has 0 unspecified atom stereocenters. The van der Waals surface area contributed by atoms with Crippen LogP contribution in [-0.4, -0.2) is 31.7 Å².